The van der Waals surface area contributed by atoms with E-state index < -0.39 is 12.0 Å². The van der Waals surface area contributed by atoms with Crippen molar-refractivity contribution in [3.63, 3.8) is 0 Å². The van der Waals surface area contributed by atoms with Gasteiger partial charge in [-0.1, -0.05) is 23.2 Å². The largest absolute Gasteiger partial charge is 0.489 e. The number of carbonyl (C=O) groups is 1. The summed E-state index contributed by atoms with van der Waals surface area (Å²) in [5.41, 5.74) is 4.94. The van der Waals surface area contributed by atoms with Gasteiger partial charge in [-0.05, 0) is 39.0 Å². The number of aliphatic hydroxyl groups excluding tert-OH is 1. The van der Waals surface area contributed by atoms with Crippen molar-refractivity contribution in [2.75, 3.05) is 19.7 Å². The van der Waals surface area contributed by atoms with Gasteiger partial charge in [0, 0.05) is 17.1 Å². The van der Waals surface area contributed by atoms with Crippen LogP contribution in [0.25, 0.3) is 0 Å². The zero-order valence-corrected chi connectivity index (χ0v) is 14.5. The lowest BCUT2D eigenvalue weighted by Gasteiger charge is -2.35. The zero-order valence-electron chi connectivity index (χ0n) is 13.0. The number of rotatable bonds is 7. The molecule has 7 heteroatoms. The normalized spacial score (nSPS) is 13.2. The average molecular weight is 349 g/mol. The highest BCUT2D eigenvalue weighted by molar-refractivity contribution is 6.35. The smallest absolute Gasteiger partial charge is 0.231 e. The molecule has 1 aromatic carbocycles. The summed E-state index contributed by atoms with van der Waals surface area (Å²) < 4.78 is 5.49. The molecule has 0 aliphatic rings. The minimum Gasteiger partial charge on any atom is -0.489 e. The van der Waals surface area contributed by atoms with E-state index in [9.17, 15) is 9.90 Å². The van der Waals surface area contributed by atoms with Crippen LogP contribution in [-0.4, -0.2) is 47.3 Å². The summed E-state index contributed by atoms with van der Waals surface area (Å²) in [5, 5.41) is 11.0. The summed E-state index contributed by atoms with van der Waals surface area (Å²) in [4.78, 5) is 12.9. The third-order valence-electron chi connectivity index (χ3n) is 3.05. The first-order valence-corrected chi connectivity index (χ1v) is 7.64. The third-order valence-corrected chi connectivity index (χ3v) is 3.58. The fraction of sp³-hybridized carbons (Fsp3) is 0.533. The molecule has 0 saturated carbocycles. The molecule has 0 bridgehead atoms. The highest BCUT2D eigenvalue weighted by Crippen LogP contribution is 2.27. The molecule has 0 aliphatic carbocycles. The molecule has 0 saturated heterocycles. The van der Waals surface area contributed by atoms with Crippen LogP contribution in [0.5, 0.6) is 5.75 Å². The molecule has 0 aromatic heterocycles. The van der Waals surface area contributed by atoms with E-state index in [0.29, 0.717) is 15.8 Å². The minimum atomic E-state index is -0.787. The van der Waals surface area contributed by atoms with Gasteiger partial charge in [-0.3, -0.25) is 9.69 Å². The summed E-state index contributed by atoms with van der Waals surface area (Å²) in [6.07, 6.45) is -0.787. The second kappa shape index (κ2) is 8.02. The van der Waals surface area contributed by atoms with E-state index in [2.05, 4.69) is 0 Å². The van der Waals surface area contributed by atoms with Crippen molar-refractivity contribution < 1.29 is 14.6 Å². The first-order valence-electron chi connectivity index (χ1n) is 6.89. The summed E-state index contributed by atoms with van der Waals surface area (Å²) in [5.74, 6) is 0.00566. The Labute approximate surface area is 140 Å². The molecule has 1 amide bonds. The van der Waals surface area contributed by atoms with Crippen molar-refractivity contribution in [1.29, 1.82) is 0 Å². The Bertz CT molecular complexity index is 518. The standard InChI is InChI=1S/C15H22Cl2N2O3/c1-15(2,3)19(8-14(18)21)7-11(20)9-22-13-5-4-10(16)6-12(13)17/h4-6,11,20H,7-9H2,1-3H3,(H2,18,21). The average Bonchev–Trinajstić information content (AvgIpc) is 2.35. The molecule has 22 heavy (non-hydrogen) atoms. The maximum Gasteiger partial charge on any atom is 0.231 e. The summed E-state index contributed by atoms with van der Waals surface area (Å²) in [6.45, 7) is 6.21. The molecule has 0 heterocycles. The van der Waals surface area contributed by atoms with Crippen LogP contribution in [0.4, 0.5) is 0 Å². The molecule has 124 valence electrons. The maximum absolute atomic E-state index is 11.1. The van der Waals surface area contributed by atoms with E-state index in [0.717, 1.165) is 0 Å². The minimum absolute atomic E-state index is 0.0483. The molecule has 5 nitrogen and oxygen atoms in total. The fourth-order valence-corrected chi connectivity index (χ4v) is 2.31. The number of benzene rings is 1. The Balaban J connectivity index is 2.60. The predicted octanol–water partition coefficient (Wildman–Crippen LogP) is 2.32. The number of β-amino-alcohol motifs (C(OH)–C–C–N with tert-alkyl or cyclic N) is 1. The monoisotopic (exact) mass is 348 g/mol. The molecule has 1 unspecified atom stereocenters. The molecule has 0 spiro atoms. The Kier molecular flexibility index (Phi) is 6.94. The van der Waals surface area contributed by atoms with Crippen LogP contribution in [0.1, 0.15) is 20.8 Å². The van der Waals surface area contributed by atoms with Crippen molar-refractivity contribution in [3.8, 4) is 5.75 Å². The Morgan fingerprint density at radius 2 is 2.05 bits per heavy atom. The number of aliphatic hydroxyl groups is 1. The molecule has 1 rings (SSSR count). The predicted molar refractivity (Wildman–Crippen MR) is 88.5 cm³/mol. The van der Waals surface area contributed by atoms with Crippen LogP contribution in [-0.2, 0) is 4.79 Å². The van der Waals surface area contributed by atoms with Crippen LogP contribution in [0, 0.1) is 0 Å². The van der Waals surface area contributed by atoms with Gasteiger partial charge in [0.2, 0.25) is 5.91 Å². The van der Waals surface area contributed by atoms with E-state index in [4.69, 9.17) is 33.7 Å². The SMILES string of the molecule is CC(C)(C)N(CC(N)=O)CC(O)COc1ccc(Cl)cc1Cl. The van der Waals surface area contributed by atoms with E-state index in [1.165, 1.54) is 0 Å². The number of hydrogen-bond donors (Lipinski definition) is 2. The van der Waals surface area contributed by atoms with E-state index in [1.54, 1.807) is 23.1 Å². The van der Waals surface area contributed by atoms with E-state index in [-0.39, 0.29) is 25.2 Å². The number of hydrogen-bond acceptors (Lipinski definition) is 4. The number of nitrogens with zero attached hydrogens (tertiary/aromatic N) is 1. The van der Waals surface area contributed by atoms with Crippen molar-refractivity contribution in [2.45, 2.75) is 32.4 Å². The van der Waals surface area contributed by atoms with Gasteiger partial charge in [0.15, 0.2) is 0 Å². The second-order valence-electron chi connectivity index (χ2n) is 6.06. The van der Waals surface area contributed by atoms with Crippen molar-refractivity contribution in [3.05, 3.63) is 28.2 Å². The van der Waals surface area contributed by atoms with E-state index in [1.807, 2.05) is 20.8 Å². The molecule has 1 aromatic rings. The van der Waals surface area contributed by atoms with Crippen LogP contribution < -0.4 is 10.5 Å². The summed E-state index contributed by atoms with van der Waals surface area (Å²) >= 11 is 11.8. The molecule has 1 atom stereocenters. The number of amides is 1. The van der Waals surface area contributed by atoms with Gasteiger partial charge < -0.3 is 15.6 Å². The Morgan fingerprint density at radius 1 is 1.41 bits per heavy atom. The van der Waals surface area contributed by atoms with Gasteiger partial charge in [-0.2, -0.15) is 0 Å². The Morgan fingerprint density at radius 3 is 2.55 bits per heavy atom. The van der Waals surface area contributed by atoms with E-state index >= 15 is 0 Å². The van der Waals surface area contributed by atoms with Gasteiger partial charge in [0.05, 0.1) is 11.6 Å². The first-order chi connectivity index (χ1) is 10.1. The molecular weight excluding hydrogens is 327 g/mol. The summed E-state index contributed by atoms with van der Waals surface area (Å²) in [6, 6.07) is 4.87. The second-order valence-corrected chi connectivity index (χ2v) is 6.90. The summed E-state index contributed by atoms with van der Waals surface area (Å²) in [7, 11) is 0. The molecule has 0 aliphatic heterocycles. The van der Waals surface area contributed by atoms with Gasteiger partial charge in [0.1, 0.15) is 18.5 Å². The number of nitrogens with two attached hydrogens (primary N) is 1. The fourth-order valence-electron chi connectivity index (χ4n) is 1.85. The van der Waals surface area contributed by atoms with Crippen LogP contribution in [0.3, 0.4) is 0 Å². The number of ether oxygens (including phenoxy) is 1. The molecule has 0 radical (unpaired) electrons. The van der Waals surface area contributed by atoms with Gasteiger partial charge in [-0.15, -0.1) is 0 Å². The highest BCUT2D eigenvalue weighted by atomic mass is 35.5. The molecule has 0 fully saturated rings. The Hall–Kier alpha value is -1.01. The quantitative estimate of drug-likeness (QED) is 0.792. The lowest BCUT2D eigenvalue weighted by Crippen LogP contribution is -2.50. The van der Waals surface area contributed by atoms with Crippen molar-refractivity contribution in [1.82, 2.24) is 4.90 Å². The van der Waals surface area contributed by atoms with Crippen molar-refractivity contribution in [2.24, 2.45) is 5.73 Å². The molecular formula is C15H22Cl2N2O3. The highest BCUT2D eigenvalue weighted by Gasteiger charge is 2.25. The number of primary amides is 1. The zero-order chi connectivity index (χ0) is 16.9. The molecule has 3 N–H and O–H groups in total. The van der Waals surface area contributed by atoms with Crippen molar-refractivity contribution >= 4 is 29.1 Å². The number of halogens is 2. The lowest BCUT2D eigenvalue weighted by molar-refractivity contribution is -0.121. The van der Waals surface area contributed by atoms with Gasteiger partial charge in [-0.25, -0.2) is 0 Å². The maximum atomic E-state index is 11.1. The topological polar surface area (TPSA) is 75.8 Å². The lowest BCUT2D eigenvalue weighted by atomic mass is 10.1. The van der Waals surface area contributed by atoms with Gasteiger partial charge >= 0.3 is 0 Å². The first kappa shape index (κ1) is 19.0. The van der Waals surface area contributed by atoms with Crippen LogP contribution in [0.2, 0.25) is 10.0 Å². The third kappa shape index (κ3) is 6.40. The van der Waals surface area contributed by atoms with Crippen LogP contribution in [0.15, 0.2) is 18.2 Å². The van der Waals surface area contributed by atoms with Crippen LogP contribution >= 0.6 is 23.2 Å². The van der Waals surface area contributed by atoms with Gasteiger partial charge in [0.25, 0.3) is 0 Å². The number of carbonyl (C=O) groups excluding carboxylic acids is 1.